The van der Waals surface area contributed by atoms with Crippen molar-refractivity contribution >= 4 is 23.2 Å². The fourth-order valence-corrected chi connectivity index (χ4v) is 2.74. The maximum atomic E-state index is 12.1. The maximum Gasteiger partial charge on any atom is 0.251 e. The summed E-state index contributed by atoms with van der Waals surface area (Å²) in [6.45, 7) is 2.04. The number of hydrogen-bond donors (Lipinski definition) is 1. The van der Waals surface area contributed by atoms with Gasteiger partial charge in [-0.15, -0.1) is 0 Å². The first-order chi connectivity index (χ1) is 9.56. The van der Waals surface area contributed by atoms with Crippen molar-refractivity contribution in [3.8, 4) is 0 Å². The SMILES string of the molecule is C[C@H](c1ccc(Cl)c(Cl)c1)c1ccc(C2CC2)c(=O)[nH]1. The molecule has 0 radical (unpaired) electrons. The molecular weight excluding hydrogens is 293 g/mol. The third kappa shape index (κ3) is 2.63. The molecule has 1 N–H and O–H groups in total. The number of H-pyrrole nitrogens is 1. The van der Waals surface area contributed by atoms with Gasteiger partial charge in [0.05, 0.1) is 10.0 Å². The Balaban J connectivity index is 1.93. The van der Waals surface area contributed by atoms with Gasteiger partial charge in [0.2, 0.25) is 0 Å². The lowest BCUT2D eigenvalue weighted by Crippen LogP contribution is -2.15. The van der Waals surface area contributed by atoms with E-state index in [0.717, 1.165) is 29.7 Å². The van der Waals surface area contributed by atoms with E-state index in [9.17, 15) is 4.79 Å². The van der Waals surface area contributed by atoms with Gasteiger partial charge >= 0.3 is 0 Å². The van der Waals surface area contributed by atoms with Gasteiger partial charge in [-0.05, 0) is 42.5 Å². The first kappa shape index (κ1) is 13.7. The first-order valence-electron chi connectivity index (χ1n) is 6.74. The highest BCUT2D eigenvalue weighted by Crippen LogP contribution is 2.38. The molecule has 1 fully saturated rings. The molecule has 2 nitrogen and oxygen atoms in total. The minimum atomic E-state index is 0.0388. The smallest absolute Gasteiger partial charge is 0.251 e. The molecule has 1 heterocycles. The summed E-state index contributed by atoms with van der Waals surface area (Å²) in [7, 11) is 0. The first-order valence-corrected chi connectivity index (χ1v) is 7.50. The third-order valence-electron chi connectivity index (χ3n) is 3.89. The maximum absolute atomic E-state index is 12.1. The van der Waals surface area contributed by atoms with Gasteiger partial charge in [-0.1, -0.05) is 42.3 Å². The molecular formula is C16H15Cl2NO. The Labute approximate surface area is 127 Å². The van der Waals surface area contributed by atoms with Crippen molar-refractivity contribution in [2.75, 3.05) is 0 Å². The summed E-state index contributed by atoms with van der Waals surface area (Å²) in [6.07, 6.45) is 2.26. The Hall–Kier alpha value is -1.25. The van der Waals surface area contributed by atoms with Crippen LogP contribution < -0.4 is 5.56 Å². The van der Waals surface area contributed by atoms with Crippen LogP contribution in [0.4, 0.5) is 0 Å². The molecule has 0 spiro atoms. The topological polar surface area (TPSA) is 32.9 Å². The molecule has 0 saturated heterocycles. The van der Waals surface area contributed by atoms with E-state index in [4.69, 9.17) is 23.2 Å². The molecule has 1 atom stereocenters. The number of benzene rings is 1. The van der Waals surface area contributed by atoms with Gasteiger partial charge in [0.15, 0.2) is 0 Å². The average Bonchev–Trinajstić information content (AvgIpc) is 3.25. The predicted molar refractivity (Wildman–Crippen MR) is 83.0 cm³/mol. The highest BCUT2D eigenvalue weighted by molar-refractivity contribution is 6.42. The molecule has 1 aromatic heterocycles. The summed E-state index contributed by atoms with van der Waals surface area (Å²) in [4.78, 5) is 15.1. The van der Waals surface area contributed by atoms with Gasteiger partial charge in [0.25, 0.3) is 5.56 Å². The molecule has 1 aliphatic rings. The molecule has 1 saturated carbocycles. The minimum Gasteiger partial charge on any atom is -0.325 e. The highest BCUT2D eigenvalue weighted by Gasteiger charge is 2.26. The number of halogens is 2. The van der Waals surface area contributed by atoms with E-state index in [1.54, 1.807) is 6.07 Å². The monoisotopic (exact) mass is 307 g/mol. The minimum absolute atomic E-state index is 0.0388. The quantitative estimate of drug-likeness (QED) is 0.875. The van der Waals surface area contributed by atoms with E-state index in [1.165, 1.54) is 0 Å². The molecule has 104 valence electrons. The summed E-state index contributed by atoms with van der Waals surface area (Å²) >= 11 is 12.0. The predicted octanol–water partition coefficient (Wildman–Crippen LogP) is 4.71. The number of rotatable bonds is 3. The number of aromatic amines is 1. The van der Waals surface area contributed by atoms with Gasteiger partial charge in [-0.3, -0.25) is 4.79 Å². The lowest BCUT2D eigenvalue weighted by molar-refractivity contribution is 0.852. The third-order valence-corrected chi connectivity index (χ3v) is 4.63. The second kappa shape index (κ2) is 5.27. The zero-order chi connectivity index (χ0) is 14.3. The zero-order valence-corrected chi connectivity index (χ0v) is 12.6. The Morgan fingerprint density at radius 3 is 2.50 bits per heavy atom. The normalized spacial score (nSPS) is 16.1. The molecule has 0 bridgehead atoms. The molecule has 3 rings (SSSR count). The number of pyridine rings is 1. The Bertz CT molecular complexity index is 704. The van der Waals surface area contributed by atoms with Crippen molar-refractivity contribution in [1.82, 2.24) is 4.98 Å². The molecule has 20 heavy (non-hydrogen) atoms. The van der Waals surface area contributed by atoms with E-state index >= 15 is 0 Å². The highest BCUT2D eigenvalue weighted by atomic mass is 35.5. The number of hydrogen-bond acceptors (Lipinski definition) is 1. The fraction of sp³-hybridized carbons (Fsp3) is 0.312. The van der Waals surface area contributed by atoms with Gasteiger partial charge in [0, 0.05) is 17.2 Å². The van der Waals surface area contributed by atoms with Gasteiger partial charge < -0.3 is 4.98 Å². The average molecular weight is 308 g/mol. The van der Waals surface area contributed by atoms with Crippen LogP contribution in [0.3, 0.4) is 0 Å². The van der Waals surface area contributed by atoms with Crippen molar-refractivity contribution in [3.05, 3.63) is 67.6 Å². The second-order valence-electron chi connectivity index (χ2n) is 5.37. The molecule has 0 aliphatic heterocycles. The molecule has 2 aromatic rings. The molecule has 4 heteroatoms. The van der Waals surface area contributed by atoms with Gasteiger partial charge in [-0.2, -0.15) is 0 Å². The summed E-state index contributed by atoms with van der Waals surface area (Å²) in [6, 6.07) is 9.53. The van der Waals surface area contributed by atoms with Crippen molar-refractivity contribution in [1.29, 1.82) is 0 Å². The van der Waals surface area contributed by atoms with E-state index < -0.39 is 0 Å². The van der Waals surface area contributed by atoms with Crippen LogP contribution in [-0.4, -0.2) is 4.98 Å². The largest absolute Gasteiger partial charge is 0.325 e. The number of nitrogens with one attached hydrogen (secondary N) is 1. The Morgan fingerprint density at radius 1 is 1.15 bits per heavy atom. The van der Waals surface area contributed by atoms with Crippen molar-refractivity contribution in [3.63, 3.8) is 0 Å². The van der Waals surface area contributed by atoms with Crippen LogP contribution >= 0.6 is 23.2 Å². The van der Waals surface area contributed by atoms with Crippen LogP contribution in [0.5, 0.6) is 0 Å². The fourth-order valence-electron chi connectivity index (χ4n) is 2.43. The van der Waals surface area contributed by atoms with Crippen molar-refractivity contribution in [2.45, 2.75) is 31.6 Å². The van der Waals surface area contributed by atoms with Gasteiger partial charge in [0.1, 0.15) is 0 Å². The summed E-state index contributed by atoms with van der Waals surface area (Å²) < 4.78 is 0. The van der Waals surface area contributed by atoms with E-state index in [1.807, 2.05) is 31.2 Å². The number of aromatic nitrogens is 1. The summed E-state index contributed by atoms with van der Waals surface area (Å²) in [5, 5.41) is 1.08. The molecule has 0 amide bonds. The van der Waals surface area contributed by atoms with E-state index in [0.29, 0.717) is 16.0 Å². The summed E-state index contributed by atoms with van der Waals surface area (Å²) in [5.74, 6) is 0.541. The summed E-state index contributed by atoms with van der Waals surface area (Å²) in [5.41, 5.74) is 2.89. The Kier molecular flexibility index (Phi) is 3.61. The van der Waals surface area contributed by atoms with Crippen LogP contribution in [0.1, 0.15) is 48.4 Å². The molecule has 1 aromatic carbocycles. The van der Waals surface area contributed by atoms with Crippen molar-refractivity contribution in [2.24, 2.45) is 0 Å². The second-order valence-corrected chi connectivity index (χ2v) is 6.18. The Morgan fingerprint density at radius 2 is 1.90 bits per heavy atom. The molecule has 1 aliphatic carbocycles. The van der Waals surface area contributed by atoms with E-state index in [2.05, 4.69) is 4.98 Å². The molecule has 0 unspecified atom stereocenters. The van der Waals surface area contributed by atoms with Crippen LogP contribution in [0.2, 0.25) is 10.0 Å². The van der Waals surface area contributed by atoms with Crippen molar-refractivity contribution < 1.29 is 0 Å². The van der Waals surface area contributed by atoms with Crippen LogP contribution in [-0.2, 0) is 0 Å². The van der Waals surface area contributed by atoms with Crippen LogP contribution in [0, 0.1) is 0 Å². The lowest BCUT2D eigenvalue weighted by atomic mass is 9.96. The van der Waals surface area contributed by atoms with E-state index in [-0.39, 0.29) is 11.5 Å². The zero-order valence-electron chi connectivity index (χ0n) is 11.1. The lowest BCUT2D eigenvalue weighted by Gasteiger charge is -2.13. The van der Waals surface area contributed by atoms with Crippen LogP contribution in [0.15, 0.2) is 35.1 Å². The standard InChI is InChI=1S/C16H15Cl2NO/c1-9(11-4-6-13(17)14(18)8-11)15-7-5-12(10-2-3-10)16(20)19-15/h4-10H,2-3H2,1H3,(H,19,20)/t9-/m1/s1. The van der Waals surface area contributed by atoms with Crippen LogP contribution in [0.25, 0.3) is 0 Å². The van der Waals surface area contributed by atoms with Gasteiger partial charge in [-0.25, -0.2) is 0 Å².